The maximum Gasteiger partial charge on any atom is 0.248 e. The Morgan fingerprint density at radius 2 is 1.00 bits per heavy atom. The van der Waals surface area contributed by atoms with Crippen LogP contribution in [0.5, 0.6) is 0 Å². The largest absolute Gasteiger partial charge is 0.379 e. The highest BCUT2D eigenvalue weighted by atomic mass is 32.1. The molecule has 1 unspecified atom stereocenters. The lowest BCUT2D eigenvalue weighted by molar-refractivity contribution is -0.167. The summed E-state index contributed by atoms with van der Waals surface area (Å²) in [5, 5.41) is 0. The quantitative estimate of drug-likeness (QED) is 0.205. The molecular formula is C18H34N2O4S4. The van der Waals surface area contributed by atoms with E-state index in [2.05, 4.69) is 50.5 Å². The summed E-state index contributed by atoms with van der Waals surface area (Å²) in [5.74, 6) is 2.60. The molecule has 0 radical (unpaired) electrons. The molecule has 28 heavy (non-hydrogen) atoms. The number of thiol groups is 4. The molecule has 0 saturated carbocycles. The van der Waals surface area contributed by atoms with Gasteiger partial charge in [0, 0.05) is 26.3 Å². The minimum Gasteiger partial charge on any atom is -0.379 e. The smallest absolute Gasteiger partial charge is 0.248 e. The topological polar surface area (TPSA) is 59.1 Å². The van der Waals surface area contributed by atoms with Gasteiger partial charge < -0.3 is 19.3 Å². The van der Waals surface area contributed by atoms with Gasteiger partial charge in [-0.3, -0.25) is 9.59 Å². The first-order valence-electron chi connectivity index (χ1n) is 9.82. The summed E-state index contributed by atoms with van der Waals surface area (Å²) in [7, 11) is 0. The third-order valence-corrected chi connectivity index (χ3v) is 5.71. The van der Waals surface area contributed by atoms with Crippen molar-refractivity contribution in [3.63, 3.8) is 0 Å². The maximum atomic E-state index is 13.2. The summed E-state index contributed by atoms with van der Waals surface area (Å²) in [6, 6.07) is -1.19. The van der Waals surface area contributed by atoms with Gasteiger partial charge in [-0.05, 0) is 48.7 Å². The van der Waals surface area contributed by atoms with Crippen molar-refractivity contribution in [3.8, 4) is 0 Å². The van der Waals surface area contributed by atoms with Crippen LogP contribution in [0.3, 0.4) is 0 Å². The second-order valence-corrected chi connectivity index (χ2v) is 8.34. The van der Waals surface area contributed by atoms with E-state index < -0.39 is 12.1 Å². The molecule has 1 saturated heterocycles. The molecule has 1 aliphatic rings. The lowest BCUT2D eigenvalue weighted by Crippen LogP contribution is -2.67. The number of rotatable bonds is 16. The van der Waals surface area contributed by atoms with Crippen molar-refractivity contribution >= 4 is 62.3 Å². The number of ether oxygens (including phenoxy) is 2. The maximum absolute atomic E-state index is 13.2. The first-order chi connectivity index (χ1) is 13.6. The zero-order chi connectivity index (χ0) is 20.8. The lowest BCUT2D eigenvalue weighted by atomic mass is 10.0. The number of amides is 2. The molecule has 0 spiro atoms. The lowest BCUT2D eigenvalue weighted by Gasteiger charge is -2.45. The van der Waals surface area contributed by atoms with Gasteiger partial charge >= 0.3 is 0 Å². The summed E-state index contributed by atoms with van der Waals surface area (Å²) in [6.45, 7) is 2.43. The van der Waals surface area contributed by atoms with Gasteiger partial charge in [0.05, 0.1) is 13.2 Å². The van der Waals surface area contributed by atoms with Crippen LogP contribution in [0.25, 0.3) is 0 Å². The van der Waals surface area contributed by atoms with Gasteiger partial charge in [-0.25, -0.2) is 0 Å². The van der Waals surface area contributed by atoms with Gasteiger partial charge in [0.2, 0.25) is 11.8 Å². The molecule has 1 rings (SSSR count). The number of piperazine rings is 1. The van der Waals surface area contributed by atoms with Gasteiger partial charge in [0.25, 0.3) is 0 Å². The Labute approximate surface area is 191 Å². The van der Waals surface area contributed by atoms with Crippen LogP contribution in [0.15, 0.2) is 0 Å². The molecule has 2 atom stereocenters. The van der Waals surface area contributed by atoms with Crippen LogP contribution in [0.2, 0.25) is 0 Å². The van der Waals surface area contributed by atoms with Crippen LogP contribution >= 0.6 is 50.5 Å². The highest BCUT2D eigenvalue weighted by Crippen LogP contribution is 2.21. The van der Waals surface area contributed by atoms with Gasteiger partial charge in [-0.15, -0.1) is 0 Å². The Hall–Kier alpha value is 0.260. The fourth-order valence-electron chi connectivity index (χ4n) is 3.02. The number of carbonyl (C=O) groups is 2. The van der Waals surface area contributed by atoms with E-state index in [0.717, 1.165) is 37.2 Å². The summed E-state index contributed by atoms with van der Waals surface area (Å²) in [4.78, 5) is 29.8. The number of hydrogen-bond donors (Lipinski definition) is 4. The van der Waals surface area contributed by atoms with Crippen molar-refractivity contribution in [1.29, 1.82) is 0 Å². The molecule has 1 fully saturated rings. The van der Waals surface area contributed by atoms with E-state index in [9.17, 15) is 9.59 Å². The van der Waals surface area contributed by atoms with E-state index in [-0.39, 0.29) is 25.0 Å². The van der Waals surface area contributed by atoms with Crippen molar-refractivity contribution in [1.82, 2.24) is 9.80 Å². The zero-order valence-corrected chi connectivity index (χ0v) is 19.9. The minimum atomic E-state index is -0.596. The Bertz CT molecular complexity index is 419. The average molecular weight is 471 g/mol. The Kier molecular flexibility index (Phi) is 15.0. The van der Waals surface area contributed by atoms with Crippen molar-refractivity contribution in [2.75, 3.05) is 62.5 Å². The van der Waals surface area contributed by atoms with Crippen LogP contribution in [0, 0.1) is 0 Å². The second kappa shape index (κ2) is 16.0. The molecule has 0 aromatic heterocycles. The minimum absolute atomic E-state index is 0.0748. The van der Waals surface area contributed by atoms with Gasteiger partial charge in [0.1, 0.15) is 12.1 Å². The second-order valence-electron chi connectivity index (χ2n) is 6.55. The van der Waals surface area contributed by atoms with Crippen LogP contribution in [0.1, 0.15) is 25.7 Å². The predicted octanol–water partition coefficient (Wildman–Crippen LogP) is 1.71. The fourth-order valence-corrected chi connectivity index (χ4v) is 3.56. The molecule has 1 heterocycles. The normalized spacial score (nSPS) is 20.3. The molecule has 164 valence electrons. The molecule has 0 N–H and O–H groups in total. The SMILES string of the molecule is O=C1[C@@H](COCCCS)N(CCCS)C(=O)C(COCCCS)N1CCCS. The first-order valence-corrected chi connectivity index (χ1v) is 12.3. The fraction of sp³-hybridized carbons (Fsp3) is 0.889. The molecule has 0 aromatic carbocycles. The van der Waals surface area contributed by atoms with E-state index >= 15 is 0 Å². The van der Waals surface area contributed by atoms with Crippen LogP contribution in [-0.2, 0) is 19.1 Å². The molecule has 6 nitrogen and oxygen atoms in total. The number of hydrogen-bond acceptors (Lipinski definition) is 8. The third kappa shape index (κ3) is 8.55. The third-order valence-electron chi connectivity index (χ3n) is 4.45. The van der Waals surface area contributed by atoms with E-state index in [0.29, 0.717) is 37.8 Å². The zero-order valence-electron chi connectivity index (χ0n) is 16.4. The van der Waals surface area contributed by atoms with Gasteiger partial charge in [0.15, 0.2) is 0 Å². The standard InChI is InChI=1S/C18H34N2O4S4/c21-17-16(14-24-8-4-12-28)20(6-2-10-26)18(22)15(13-23-7-3-11-27)19(17)5-1-9-25/h15-16,25-28H,1-14H2/t15-,16?/m1/s1. The Morgan fingerprint density at radius 1 is 0.643 bits per heavy atom. The average Bonchev–Trinajstić information content (AvgIpc) is 2.70. The van der Waals surface area contributed by atoms with E-state index in [1.807, 2.05) is 0 Å². The molecule has 0 aliphatic carbocycles. The summed E-state index contributed by atoms with van der Waals surface area (Å²) in [6.07, 6.45) is 3.05. The highest BCUT2D eigenvalue weighted by molar-refractivity contribution is 7.80. The van der Waals surface area contributed by atoms with Crippen molar-refractivity contribution in [2.24, 2.45) is 0 Å². The Morgan fingerprint density at radius 3 is 1.32 bits per heavy atom. The summed E-state index contributed by atoms with van der Waals surface area (Å²) >= 11 is 16.9. The molecule has 2 amide bonds. The van der Waals surface area contributed by atoms with Crippen molar-refractivity contribution in [2.45, 2.75) is 37.8 Å². The first kappa shape index (κ1) is 26.3. The Balaban J connectivity index is 2.92. The van der Waals surface area contributed by atoms with Crippen LogP contribution < -0.4 is 0 Å². The molecule has 1 aliphatic heterocycles. The molecular weight excluding hydrogens is 436 g/mol. The van der Waals surface area contributed by atoms with E-state index in [4.69, 9.17) is 9.47 Å². The van der Waals surface area contributed by atoms with Gasteiger partial charge in [-0.2, -0.15) is 50.5 Å². The van der Waals surface area contributed by atoms with Crippen molar-refractivity contribution in [3.05, 3.63) is 0 Å². The van der Waals surface area contributed by atoms with E-state index in [1.165, 1.54) is 0 Å². The number of nitrogens with zero attached hydrogens (tertiary/aromatic N) is 2. The van der Waals surface area contributed by atoms with Crippen LogP contribution in [-0.4, -0.2) is 96.2 Å². The molecule has 10 heteroatoms. The van der Waals surface area contributed by atoms with Gasteiger partial charge in [-0.1, -0.05) is 0 Å². The van der Waals surface area contributed by atoms with E-state index in [1.54, 1.807) is 9.80 Å². The monoisotopic (exact) mass is 470 g/mol. The molecule has 0 bridgehead atoms. The van der Waals surface area contributed by atoms with Crippen molar-refractivity contribution < 1.29 is 19.1 Å². The summed E-state index contributed by atoms with van der Waals surface area (Å²) in [5.41, 5.74) is 0. The highest BCUT2D eigenvalue weighted by Gasteiger charge is 2.45. The predicted molar refractivity (Wildman–Crippen MR) is 127 cm³/mol. The molecule has 0 aromatic rings. The summed E-state index contributed by atoms with van der Waals surface area (Å²) < 4.78 is 11.4. The number of carbonyl (C=O) groups excluding carboxylic acids is 2. The van der Waals surface area contributed by atoms with Crippen LogP contribution in [0.4, 0.5) is 0 Å².